The molecule has 0 aromatic carbocycles. The van der Waals surface area contributed by atoms with Gasteiger partial charge < -0.3 is 9.73 Å². The molecule has 0 aliphatic heterocycles. The first-order chi connectivity index (χ1) is 7.58. The molecule has 0 amide bonds. The van der Waals surface area contributed by atoms with E-state index in [0.29, 0.717) is 6.04 Å². The molecule has 1 aliphatic rings. The van der Waals surface area contributed by atoms with Crippen LogP contribution in [0.1, 0.15) is 44.0 Å². The topological polar surface area (TPSA) is 38.1 Å². The molecule has 90 valence electrons. The van der Waals surface area contributed by atoms with Crippen LogP contribution in [0.15, 0.2) is 4.42 Å². The maximum absolute atomic E-state index is 5.56. The van der Waals surface area contributed by atoms with Gasteiger partial charge in [0.05, 0.1) is 12.2 Å². The molecule has 3 atom stereocenters. The Morgan fingerprint density at radius 2 is 2.06 bits per heavy atom. The fourth-order valence-corrected chi connectivity index (χ4v) is 2.49. The van der Waals surface area contributed by atoms with Crippen LogP contribution in [0.4, 0.5) is 0 Å². The normalized spacial score (nSPS) is 29.9. The Hall–Kier alpha value is -0.830. The summed E-state index contributed by atoms with van der Waals surface area (Å²) >= 11 is 0. The Morgan fingerprint density at radius 1 is 1.31 bits per heavy atom. The minimum Gasteiger partial charge on any atom is -0.444 e. The lowest BCUT2D eigenvalue weighted by Crippen LogP contribution is -2.31. The van der Waals surface area contributed by atoms with E-state index in [9.17, 15) is 0 Å². The first-order valence-corrected chi connectivity index (χ1v) is 6.24. The number of oxazole rings is 1. The van der Waals surface area contributed by atoms with Gasteiger partial charge in [0.1, 0.15) is 5.76 Å². The van der Waals surface area contributed by atoms with Gasteiger partial charge in [-0.1, -0.05) is 13.8 Å². The van der Waals surface area contributed by atoms with Crippen molar-refractivity contribution in [3.8, 4) is 0 Å². The highest BCUT2D eigenvalue weighted by atomic mass is 16.4. The summed E-state index contributed by atoms with van der Waals surface area (Å²) in [7, 11) is 0. The van der Waals surface area contributed by atoms with Crippen molar-refractivity contribution in [1.82, 2.24) is 10.3 Å². The molecule has 16 heavy (non-hydrogen) atoms. The van der Waals surface area contributed by atoms with E-state index < -0.39 is 0 Å². The third-order valence-corrected chi connectivity index (χ3v) is 4.05. The maximum atomic E-state index is 5.56. The average Bonchev–Trinajstić information content (AvgIpc) is 2.72. The van der Waals surface area contributed by atoms with Gasteiger partial charge in [0.25, 0.3) is 0 Å². The molecule has 0 spiro atoms. The van der Waals surface area contributed by atoms with Gasteiger partial charge in [0.15, 0.2) is 0 Å². The highest BCUT2D eigenvalue weighted by molar-refractivity contribution is 5.05. The summed E-state index contributed by atoms with van der Waals surface area (Å²) in [5, 5.41) is 3.56. The molecule has 3 heteroatoms. The van der Waals surface area contributed by atoms with Gasteiger partial charge in [0, 0.05) is 6.04 Å². The molecule has 0 radical (unpaired) electrons. The van der Waals surface area contributed by atoms with E-state index in [0.717, 1.165) is 35.7 Å². The van der Waals surface area contributed by atoms with Crippen molar-refractivity contribution >= 4 is 0 Å². The van der Waals surface area contributed by atoms with Crippen LogP contribution in [-0.2, 0) is 6.54 Å². The zero-order valence-electron chi connectivity index (χ0n) is 10.7. The summed E-state index contributed by atoms with van der Waals surface area (Å²) < 4.78 is 5.56. The molecule has 1 aromatic heterocycles. The number of nitrogens with zero attached hydrogens (tertiary/aromatic N) is 1. The molecule has 1 N–H and O–H groups in total. The molecule has 1 fully saturated rings. The second-order valence-electron chi connectivity index (χ2n) is 5.15. The Morgan fingerprint density at radius 3 is 2.56 bits per heavy atom. The lowest BCUT2D eigenvalue weighted by Gasteiger charge is -2.18. The zero-order chi connectivity index (χ0) is 11.7. The lowest BCUT2D eigenvalue weighted by molar-refractivity contribution is 0.350. The van der Waals surface area contributed by atoms with E-state index in [1.165, 1.54) is 12.8 Å². The Balaban J connectivity index is 1.88. The third kappa shape index (κ3) is 2.29. The summed E-state index contributed by atoms with van der Waals surface area (Å²) in [4.78, 5) is 4.39. The molecular formula is C13H22N2O. The first-order valence-electron chi connectivity index (χ1n) is 6.24. The molecule has 3 unspecified atom stereocenters. The molecule has 1 heterocycles. The van der Waals surface area contributed by atoms with E-state index in [1.807, 2.05) is 13.8 Å². The number of hydrogen-bond donors (Lipinski definition) is 1. The minimum absolute atomic E-state index is 0.627. The van der Waals surface area contributed by atoms with Gasteiger partial charge in [0.2, 0.25) is 5.89 Å². The van der Waals surface area contributed by atoms with Crippen molar-refractivity contribution in [2.45, 2.75) is 53.1 Å². The van der Waals surface area contributed by atoms with E-state index in [1.54, 1.807) is 0 Å². The number of aryl methyl sites for hydroxylation is 2. The van der Waals surface area contributed by atoms with Crippen LogP contribution in [0.3, 0.4) is 0 Å². The fourth-order valence-electron chi connectivity index (χ4n) is 2.49. The van der Waals surface area contributed by atoms with Gasteiger partial charge in [-0.15, -0.1) is 0 Å². The molecule has 1 aromatic rings. The number of aromatic nitrogens is 1. The van der Waals surface area contributed by atoms with Gasteiger partial charge >= 0.3 is 0 Å². The van der Waals surface area contributed by atoms with Gasteiger partial charge in [-0.2, -0.15) is 0 Å². The molecule has 1 aliphatic carbocycles. The van der Waals surface area contributed by atoms with Crippen molar-refractivity contribution in [2.24, 2.45) is 11.8 Å². The highest BCUT2D eigenvalue weighted by Gasteiger charge is 2.29. The maximum Gasteiger partial charge on any atom is 0.208 e. The van der Waals surface area contributed by atoms with Gasteiger partial charge in [-0.25, -0.2) is 4.98 Å². The molecule has 0 saturated heterocycles. The van der Waals surface area contributed by atoms with Crippen LogP contribution >= 0.6 is 0 Å². The standard InChI is InChI=1S/C13H22N2O/c1-8-5-6-12(9(8)2)14-7-13-15-10(3)11(4)16-13/h8-9,12,14H,5-7H2,1-4H3. The van der Waals surface area contributed by atoms with E-state index >= 15 is 0 Å². The summed E-state index contributed by atoms with van der Waals surface area (Å²) in [5.74, 6) is 3.36. The van der Waals surface area contributed by atoms with Crippen molar-refractivity contribution in [2.75, 3.05) is 0 Å². The first kappa shape index (κ1) is 11.6. The molecule has 1 saturated carbocycles. The van der Waals surface area contributed by atoms with Crippen LogP contribution in [0.2, 0.25) is 0 Å². The predicted molar refractivity (Wildman–Crippen MR) is 64.2 cm³/mol. The summed E-state index contributed by atoms with van der Waals surface area (Å²) in [6, 6.07) is 0.627. The van der Waals surface area contributed by atoms with Crippen molar-refractivity contribution in [3.05, 3.63) is 17.3 Å². The minimum atomic E-state index is 0.627. The number of hydrogen-bond acceptors (Lipinski definition) is 3. The van der Waals surface area contributed by atoms with E-state index in [4.69, 9.17) is 4.42 Å². The van der Waals surface area contributed by atoms with E-state index in [-0.39, 0.29) is 0 Å². The fraction of sp³-hybridized carbons (Fsp3) is 0.769. The van der Waals surface area contributed by atoms with Crippen LogP contribution in [0, 0.1) is 25.7 Å². The SMILES string of the molecule is Cc1nc(CNC2CCC(C)C2C)oc1C. The molecular weight excluding hydrogens is 200 g/mol. The summed E-state index contributed by atoms with van der Waals surface area (Å²) in [6.07, 6.45) is 2.61. The monoisotopic (exact) mass is 222 g/mol. The second-order valence-corrected chi connectivity index (χ2v) is 5.15. The van der Waals surface area contributed by atoms with E-state index in [2.05, 4.69) is 24.1 Å². The third-order valence-electron chi connectivity index (χ3n) is 4.05. The largest absolute Gasteiger partial charge is 0.444 e. The summed E-state index contributed by atoms with van der Waals surface area (Å²) in [6.45, 7) is 9.39. The van der Waals surface area contributed by atoms with Crippen molar-refractivity contribution in [3.63, 3.8) is 0 Å². The van der Waals surface area contributed by atoms with Gasteiger partial charge in [-0.3, -0.25) is 0 Å². The average molecular weight is 222 g/mol. The Labute approximate surface area is 97.6 Å². The Bertz CT molecular complexity index is 339. The Kier molecular flexibility index (Phi) is 3.33. The smallest absolute Gasteiger partial charge is 0.208 e. The van der Waals surface area contributed by atoms with Crippen LogP contribution < -0.4 is 5.32 Å². The number of rotatable bonds is 3. The quantitative estimate of drug-likeness (QED) is 0.854. The number of nitrogens with one attached hydrogen (secondary N) is 1. The molecule has 3 nitrogen and oxygen atoms in total. The zero-order valence-corrected chi connectivity index (χ0v) is 10.7. The van der Waals surface area contributed by atoms with Gasteiger partial charge in [-0.05, 0) is 38.5 Å². The predicted octanol–water partition coefficient (Wildman–Crippen LogP) is 2.82. The molecule has 2 rings (SSSR count). The van der Waals surface area contributed by atoms with Crippen LogP contribution in [0.25, 0.3) is 0 Å². The molecule has 0 bridgehead atoms. The second kappa shape index (κ2) is 4.58. The van der Waals surface area contributed by atoms with Crippen molar-refractivity contribution in [1.29, 1.82) is 0 Å². The lowest BCUT2D eigenvalue weighted by atomic mass is 9.98. The van der Waals surface area contributed by atoms with Crippen LogP contribution in [-0.4, -0.2) is 11.0 Å². The van der Waals surface area contributed by atoms with Crippen LogP contribution in [0.5, 0.6) is 0 Å². The highest BCUT2D eigenvalue weighted by Crippen LogP contribution is 2.31. The van der Waals surface area contributed by atoms with Crippen molar-refractivity contribution < 1.29 is 4.42 Å². The summed E-state index contributed by atoms with van der Waals surface area (Å²) in [5.41, 5.74) is 1.00.